The number of hydrogen-bond acceptors (Lipinski definition) is 8. The van der Waals surface area contributed by atoms with Crippen molar-refractivity contribution in [3.05, 3.63) is 64.0 Å². The highest BCUT2D eigenvalue weighted by atomic mass is 35.5. The average molecular weight is 483 g/mol. The summed E-state index contributed by atoms with van der Waals surface area (Å²) in [7, 11) is -3.72. The van der Waals surface area contributed by atoms with Gasteiger partial charge in [-0.3, -0.25) is 9.82 Å². The third kappa shape index (κ3) is 4.70. The van der Waals surface area contributed by atoms with Crippen LogP contribution in [-0.4, -0.2) is 33.6 Å². The van der Waals surface area contributed by atoms with Crippen molar-refractivity contribution in [1.82, 2.24) is 25.1 Å². The maximum absolute atomic E-state index is 12.4. The van der Waals surface area contributed by atoms with E-state index in [9.17, 15) is 8.42 Å². The number of benzene rings is 1. The van der Waals surface area contributed by atoms with E-state index in [0.29, 0.717) is 27.4 Å². The van der Waals surface area contributed by atoms with Crippen LogP contribution in [0, 0.1) is 0 Å². The van der Waals surface area contributed by atoms with Crippen LogP contribution in [0.5, 0.6) is 5.88 Å². The van der Waals surface area contributed by atoms with Gasteiger partial charge in [0.1, 0.15) is 11.6 Å². The number of hydrogen-bond donors (Lipinski definition) is 2. The summed E-state index contributed by atoms with van der Waals surface area (Å²) in [6.07, 6.45) is 2.95. The van der Waals surface area contributed by atoms with Crippen LogP contribution in [0.2, 0.25) is 10.0 Å². The summed E-state index contributed by atoms with van der Waals surface area (Å²) in [5, 5.41) is 9.55. The summed E-state index contributed by atoms with van der Waals surface area (Å²) >= 11 is 13.0. The number of halogens is 2. The zero-order chi connectivity index (χ0) is 21.1. The fourth-order valence-corrected chi connectivity index (χ4v) is 4.59. The number of anilines is 1. The minimum absolute atomic E-state index is 0.0611. The molecule has 0 amide bonds. The Bertz CT molecular complexity index is 1260. The Labute approximate surface area is 185 Å². The van der Waals surface area contributed by atoms with Gasteiger partial charge in [0.25, 0.3) is 10.0 Å². The van der Waals surface area contributed by atoms with E-state index >= 15 is 0 Å². The molecule has 0 saturated carbocycles. The van der Waals surface area contributed by atoms with Gasteiger partial charge in [-0.2, -0.15) is 5.10 Å². The second-order valence-corrected chi connectivity index (χ2v) is 9.22. The predicted octanol–water partition coefficient (Wildman–Crippen LogP) is 4.01. The van der Waals surface area contributed by atoms with Gasteiger partial charge in [-0.15, -0.1) is 11.3 Å². The van der Waals surface area contributed by atoms with Crippen molar-refractivity contribution in [3.63, 3.8) is 0 Å². The summed E-state index contributed by atoms with van der Waals surface area (Å²) < 4.78 is 32.7. The van der Waals surface area contributed by atoms with Crippen molar-refractivity contribution in [2.45, 2.75) is 11.5 Å². The Hall–Kier alpha value is -2.73. The van der Waals surface area contributed by atoms with Crippen LogP contribution in [0.15, 0.2) is 53.0 Å². The maximum atomic E-state index is 12.4. The standard InChI is InChI=1S/C17H12Cl2N6O3S2/c18-11-7-13(19)16(21-8-11)28-9-14-22-15(24-23-14)10-1-3-12(4-2-10)30(26,27)25-17-20-5-6-29-17/h1-8H,9H2,(H,20,25)(H,22,23,24). The molecule has 1 aromatic carbocycles. The Morgan fingerprint density at radius 3 is 2.67 bits per heavy atom. The lowest BCUT2D eigenvalue weighted by molar-refractivity contribution is 0.285. The van der Waals surface area contributed by atoms with E-state index in [2.05, 4.69) is 29.9 Å². The van der Waals surface area contributed by atoms with E-state index in [-0.39, 0.29) is 22.4 Å². The van der Waals surface area contributed by atoms with Crippen LogP contribution in [0.25, 0.3) is 11.4 Å². The number of thiazole rings is 1. The number of ether oxygens (including phenoxy) is 1. The molecule has 2 N–H and O–H groups in total. The molecule has 154 valence electrons. The van der Waals surface area contributed by atoms with Crippen molar-refractivity contribution in [2.75, 3.05) is 4.72 Å². The van der Waals surface area contributed by atoms with Gasteiger partial charge in [-0.25, -0.2) is 23.4 Å². The van der Waals surface area contributed by atoms with Crippen LogP contribution >= 0.6 is 34.5 Å². The molecule has 4 aromatic rings. The second kappa shape index (κ2) is 8.56. The molecule has 13 heteroatoms. The Balaban J connectivity index is 1.44. The second-order valence-electron chi connectivity index (χ2n) is 5.80. The van der Waals surface area contributed by atoms with Gasteiger partial charge >= 0.3 is 0 Å². The number of aromatic nitrogens is 5. The number of sulfonamides is 1. The van der Waals surface area contributed by atoms with Gasteiger partial charge in [-0.05, 0) is 30.3 Å². The summed E-state index contributed by atoms with van der Waals surface area (Å²) in [6, 6.07) is 7.68. The Morgan fingerprint density at radius 1 is 1.17 bits per heavy atom. The molecule has 0 spiro atoms. The fraction of sp³-hybridized carbons (Fsp3) is 0.0588. The van der Waals surface area contributed by atoms with Gasteiger partial charge < -0.3 is 4.74 Å². The molecule has 30 heavy (non-hydrogen) atoms. The molecule has 0 atom stereocenters. The maximum Gasteiger partial charge on any atom is 0.263 e. The summed E-state index contributed by atoms with van der Waals surface area (Å²) in [5.74, 6) is 1.06. The first kappa shape index (κ1) is 20.5. The molecule has 0 fully saturated rings. The van der Waals surface area contributed by atoms with Crippen LogP contribution in [0.4, 0.5) is 5.13 Å². The van der Waals surface area contributed by atoms with Crippen LogP contribution in [0.1, 0.15) is 5.82 Å². The zero-order valence-electron chi connectivity index (χ0n) is 14.9. The Kier molecular flexibility index (Phi) is 5.86. The van der Waals surface area contributed by atoms with E-state index in [0.717, 1.165) is 0 Å². The summed E-state index contributed by atoms with van der Waals surface area (Å²) in [6.45, 7) is 0.0611. The highest BCUT2D eigenvalue weighted by Gasteiger charge is 2.16. The summed E-state index contributed by atoms with van der Waals surface area (Å²) in [4.78, 5) is 12.4. The smallest absolute Gasteiger partial charge is 0.263 e. The highest BCUT2D eigenvalue weighted by Crippen LogP contribution is 2.25. The van der Waals surface area contributed by atoms with Gasteiger partial charge in [0.2, 0.25) is 5.88 Å². The van der Waals surface area contributed by atoms with E-state index in [4.69, 9.17) is 27.9 Å². The highest BCUT2D eigenvalue weighted by molar-refractivity contribution is 7.93. The largest absolute Gasteiger partial charge is 0.468 e. The van der Waals surface area contributed by atoms with Gasteiger partial charge in [-0.1, -0.05) is 23.2 Å². The van der Waals surface area contributed by atoms with E-state index < -0.39 is 10.0 Å². The van der Waals surface area contributed by atoms with E-state index in [1.165, 1.54) is 41.9 Å². The molecule has 3 aromatic heterocycles. The lowest BCUT2D eigenvalue weighted by Crippen LogP contribution is -2.12. The molecule has 0 radical (unpaired) electrons. The van der Waals surface area contributed by atoms with Gasteiger partial charge in [0.05, 0.1) is 9.92 Å². The van der Waals surface area contributed by atoms with Gasteiger partial charge in [0.15, 0.2) is 16.8 Å². The molecule has 4 rings (SSSR count). The monoisotopic (exact) mass is 482 g/mol. The van der Waals surface area contributed by atoms with Crippen LogP contribution < -0.4 is 9.46 Å². The Morgan fingerprint density at radius 2 is 1.97 bits per heavy atom. The van der Waals surface area contributed by atoms with E-state index in [1.807, 2.05) is 0 Å². The summed E-state index contributed by atoms with van der Waals surface area (Å²) in [5.41, 5.74) is 0.633. The van der Waals surface area contributed by atoms with Crippen molar-refractivity contribution >= 4 is 49.7 Å². The molecule has 0 aliphatic carbocycles. The predicted molar refractivity (Wildman–Crippen MR) is 113 cm³/mol. The van der Waals surface area contributed by atoms with Crippen molar-refractivity contribution in [2.24, 2.45) is 0 Å². The van der Waals surface area contributed by atoms with E-state index in [1.54, 1.807) is 17.5 Å². The number of H-pyrrole nitrogens is 1. The lowest BCUT2D eigenvalue weighted by atomic mass is 10.2. The molecule has 3 heterocycles. The molecule has 0 unspecified atom stereocenters. The molecule has 0 bridgehead atoms. The van der Waals surface area contributed by atoms with Gasteiger partial charge in [0, 0.05) is 23.3 Å². The molecule has 9 nitrogen and oxygen atoms in total. The first-order valence-electron chi connectivity index (χ1n) is 8.28. The van der Waals surface area contributed by atoms with Crippen LogP contribution in [-0.2, 0) is 16.6 Å². The average Bonchev–Trinajstić information content (AvgIpc) is 3.39. The van der Waals surface area contributed by atoms with Crippen molar-refractivity contribution in [1.29, 1.82) is 0 Å². The molecular formula is C17H12Cl2N6O3S2. The topological polar surface area (TPSA) is 123 Å². The quantitative estimate of drug-likeness (QED) is 0.407. The molecular weight excluding hydrogens is 471 g/mol. The third-order valence-corrected chi connectivity index (χ3v) is 6.38. The number of rotatable bonds is 7. The third-order valence-electron chi connectivity index (χ3n) is 3.73. The van der Waals surface area contributed by atoms with Crippen LogP contribution in [0.3, 0.4) is 0 Å². The molecule has 0 saturated heterocycles. The minimum atomic E-state index is -3.72. The lowest BCUT2D eigenvalue weighted by Gasteiger charge is -2.05. The zero-order valence-corrected chi connectivity index (χ0v) is 18.1. The number of nitrogens with one attached hydrogen (secondary N) is 2. The molecule has 0 aliphatic heterocycles. The first-order valence-corrected chi connectivity index (χ1v) is 11.4. The van der Waals surface area contributed by atoms with Crippen molar-refractivity contribution < 1.29 is 13.2 Å². The number of nitrogens with zero attached hydrogens (tertiary/aromatic N) is 4. The first-order chi connectivity index (χ1) is 14.4. The SMILES string of the molecule is O=S(=O)(Nc1nccs1)c1ccc(-c2n[nH]c(COc3ncc(Cl)cc3Cl)n2)cc1. The number of aromatic amines is 1. The number of pyridine rings is 1. The minimum Gasteiger partial charge on any atom is -0.468 e. The normalized spacial score (nSPS) is 11.4. The fourth-order valence-electron chi connectivity index (χ4n) is 2.36. The molecule has 0 aliphatic rings. The van der Waals surface area contributed by atoms with Crippen molar-refractivity contribution in [3.8, 4) is 17.3 Å².